The Balaban J connectivity index is 0.00000432. The van der Waals surface area contributed by atoms with E-state index in [1.807, 2.05) is 36.4 Å². The van der Waals surface area contributed by atoms with Crippen LogP contribution in [0.2, 0.25) is 0 Å². The Bertz CT molecular complexity index is 1050. The number of rotatable bonds is 13. The van der Waals surface area contributed by atoms with Crippen LogP contribution in [0.4, 0.5) is 0 Å². The van der Waals surface area contributed by atoms with E-state index in [1.165, 1.54) is 5.56 Å². The van der Waals surface area contributed by atoms with Crippen molar-refractivity contribution >= 4 is 24.6 Å². The summed E-state index contributed by atoms with van der Waals surface area (Å²) in [6.07, 6.45) is 6.39. The fraction of sp³-hybridized carbons (Fsp3) is 0.310. The van der Waals surface area contributed by atoms with Crippen molar-refractivity contribution in [2.24, 2.45) is 0 Å². The molecule has 0 aliphatic heterocycles. The van der Waals surface area contributed by atoms with E-state index in [4.69, 9.17) is 18.9 Å². The highest BCUT2D eigenvalue weighted by atomic mass is 35.5. The van der Waals surface area contributed by atoms with Crippen molar-refractivity contribution in [3.05, 3.63) is 82.9 Å². The Kier molecular flexibility index (Phi) is 12.0. The molecule has 35 heavy (non-hydrogen) atoms. The smallest absolute Gasteiger partial charge is 0.127 e. The normalized spacial score (nSPS) is 10.6. The molecule has 0 radical (unpaired) electrons. The molecule has 0 amide bonds. The van der Waals surface area contributed by atoms with E-state index < -0.39 is 0 Å². The maximum atomic E-state index is 5.77. The van der Waals surface area contributed by atoms with Crippen molar-refractivity contribution in [1.82, 2.24) is 5.32 Å². The Labute approximate surface area is 215 Å². The Morgan fingerprint density at radius 1 is 0.743 bits per heavy atom. The van der Waals surface area contributed by atoms with Crippen LogP contribution in [0.3, 0.4) is 0 Å². The maximum absolute atomic E-state index is 5.77. The largest absolute Gasteiger partial charge is 0.497 e. The van der Waals surface area contributed by atoms with Crippen LogP contribution in [-0.2, 0) is 13.1 Å². The Morgan fingerprint density at radius 3 is 2.06 bits per heavy atom. The average Bonchev–Trinajstić information content (AvgIpc) is 2.89. The van der Waals surface area contributed by atoms with Crippen molar-refractivity contribution in [2.75, 3.05) is 27.9 Å². The highest BCUT2D eigenvalue weighted by Gasteiger charge is 2.11. The molecule has 5 nitrogen and oxygen atoms in total. The lowest BCUT2D eigenvalue weighted by Gasteiger charge is -2.15. The molecule has 0 aromatic heterocycles. The van der Waals surface area contributed by atoms with Crippen LogP contribution >= 0.6 is 12.4 Å². The molecule has 0 saturated heterocycles. The molecule has 0 spiro atoms. The standard InChI is InChI=1S/C29H35NO4.ClH/c1-5-6-17-34-26-15-8-22(9-16-26)7-12-24-18-27(32-3)19-29(33-4)28(24)21-30-20-23-10-13-25(31-2)14-11-23;/h7-16,18-19,30H,5-6,17,20-21H2,1-4H3;1H/b12-7+;. The zero-order chi connectivity index (χ0) is 24.2. The number of unbranched alkanes of at least 4 members (excludes halogenated alkanes) is 1. The van der Waals surface area contributed by atoms with Crippen LogP contribution in [0, 0.1) is 0 Å². The molecular formula is C29H36ClNO4. The quantitative estimate of drug-likeness (QED) is 0.208. The molecule has 0 saturated carbocycles. The summed E-state index contributed by atoms with van der Waals surface area (Å²) < 4.78 is 22.2. The first-order valence-corrected chi connectivity index (χ1v) is 11.7. The zero-order valence-corrected chi connectivity index (χ0v) is 21.8. The molecule has 0 fully saturated rings. The third-order valence-electron chi connectivity index (χ3n) is 5.56. The summed E-state index contributed by atoms with van der Waals surface area (Å²) in [6, 6.07) is 20.2. The van der Waals surface area contributed by atoms with E-state index in [1.54, 1.807) is 21.3 Å². The number of hydrogen-bond donors (Lipinski definition) is 1. The van der Waals surface area contributed by atoms with Gasteiger partial charge in [-0.15, -0.1) is 12.4 Å². The minimum absolute atomic E-state index is 0. The van der Waals surface area contributed by atoms with E-state index in [0.717, 1.165) is 65.7 Å². The van der Waals surface area contributed by atoms with Gasteiger partial charge in [0.05, 0.1) is 27.9 Å². The molecule has 0 heterocycles. The second-order valence-corrected chi connectivity index (χ2v) is 7.95. The van der Waals surface area contributed by atoms with Gasteiger partial charge in [0.15, 0.2) is 0 Å². The molecule has 0 unspecified atom stereocenters. The van der Waals surface area contributed by atoms with E-state index >= 15 is 0 Å². The van der Waals surface area contributed by atoms with Gasteiger partial charge >= 0.3 is 0 Å². The molecule has 3 rings (SSSR count). The topological polar surface area (TPSA) is 49.0 Å². The zero-order valence-electron chi connectivity index (χ0n) is 21.0. The van der Waals surface area contributed by atoms with Gasteiger partial charge in [0.2, 0.25) is 0 Å². The molecule has 6 heteroatoms. The van der Waals surface area contributed by atoms with Gasteiger partial charge in [0.25, 0.3) is 0 Å². The van der Waals surface area contributed by atoms with Crippen molar-refractivity contribution in [1.29, 1.82) is 0 Å². The molecule has 188 valence electrons. The van der Waals surface area contributed by atoms with Crippen molar-refractivity contribution in [3.63, 3.8) is 0 Å². The fourth-order valence-electron chi connectivity index (χ4n) is 3.55. The molecule has 0 atom stereocenters. The maximum Gasteiger partial charge on any atom is 0.127 e. The summed E-state index contributed by atoms with van der Waals surface area (Å²) in [6.45, 7) is 4.31. The number of nitrogens with one attached hydrogen (secondary N) is 1. The summed E-state index contributed by atoms with van der Waals surface area (Å²) in [7, 11) is 5.03. The Hall–Kier alpha value is -3.15. The van der Waals surface area contributed by atoms with Crippen LogP contribution in [0.1, 0.15) is 42.0 Å². The summed E-state index contributed by atoms with van der Waals surface area (Å²) in [5, 5.41) is 3.53. The van der Waals surface area contributed by atoms with Crippen LogP contribution in [-0.4, -0.2) is 27.9 Å². The molecular weight excluding hydrogens is 462 g/mol. The summed E-state index contributed by atoms with van der Waals surface area (Å²) >= 11 is 0. The fourth-order valence-corrected chi connectivity index (χ4v) is 3.55. The van der Waals surface area contributed by atoms with Gasteiger partial charge in [-0.2, -0.15) is 0 Å². The van der Waals surface area contributed by atoms with Gasteiger partial charge in [0, 0.05) is 24.7 Å². The number of methoxy groups -OCH3 is 3. The molecule has 1 N–H and O–H groups in total. The predicted molar refractivity (Wildman–Crippen MR) is 146 cm³/mol. The van der Waals surface area contributed by atoms with Gasteiger partial charge in [-0.25, -0.2) is 0 Å². The second-order valence-electron chi connectivity index (χ2n) is 7.95. The van der Waals surface area contributed by atoms with E-state index in [2.05, 4.69) is 48.7 Å². The number of benzene rings is 3. The SMILES string of the molecule is CCCCOc1ccc(/C=C/c2cc(OC)cc(OC)c2CNCc2ccc(OC)cc2)cc1.Cl. The number of hydrogen-bond acceptors (Lipinski definition) is 5. The monoisotopic (exact) mass is 497 g/mol. The highest BCUT2D eigenvalue weighted by Crippen LogP contribution is 2.30. The highest BCUT2D eigenvalue weighted by molar-refractivity contribution is 5.85. The van der Waals surface area contributed by atoms with Crippen molar-refractivity contribution in [3.8, 4) is 23.0 Å². The van der Waals surface area contributed by atoms with Gasteiger partial charge in [-0.3, -0.25) is 0 Å². The van der Waals surface area contributed by atoms with Crippen molar-refractivity contribution < 1.29 is 18.9 Å². The number of halogens is 1. The number of ether oxygens (including phenoxy) is 4. The third-order valence-corrected chi connectivity index (χ3v) is 5.56. The van der Waals surface area contributed by atoms with Crippen LogP contribution in [0.25, 0.3) is 12.2 Å². The lowest BCUT2D eigenvalue weighted by Crippen LogP contribution is -2.14. The lowest BCUT2D eigenvalue weighted by molar-refractivity contribution is 0.309. The predicted octanol–water partition coefficient (Wildman–Crippen LogP) is 6.77. The molecule has 3 aromatic carbocycles. The van der Waals surface area contributed by atoms with Crippen LogP contribution in [0.5, 0.6) is 23.0 Å². The summed E-state index contributed by atoms with van der Waals surface area (Å²) in [5.74, 6) is 3.31. The Morgan fingerprint density at radius 2 is 1.43 bits per heavy atom. The molecule has 0 aliphatic carbocycles. The van der Waals surface area contributed by atoms with Crippen LogP contribution in [0.15, 0.2) is 60.7 Å². The molecule has 0 bridgehead atoms. The van der Waals surface area contributed by atoms with Gasteiger partial charge in [-0.05, 0) is 53.4 Å². The second kappa shape index (κ2) is 15.0. The summed E-state index contributed by atoms with van der Waals surface area (Å²) in [5.41, 5.74) is 4.41. The average molecular weight is 498 g/mol. The third kappa shape index (κ3) is 8.53. The first kappa shape index (κ1) is 28.1. The van der Waals surface area contributed by atoms with E-state index in [0.29, 0.717) is 6.54 Å². The van der Waals surface area contributed by atoms with Crippen molar-refractivity contribution in [2.45, 2.75) is 32.9 Å². The van der Waals surface area contributed by atoms with E-state index in [9.17, 15) is 0 Å². The van der Waals surface area contributed by atoms with Crippen LogP contribution < -0.4 is 24.3 Å². The first-order chi connectivity index (χ1) is 16.7. The minimum Gasteiger partial charge on any atom is -0.497 e. The molecule has 0 aliphatic rings. The van der Waals surface area contributed by atoms with Gasteiger partial charge in [0.1, 0.15) is 23.0 Å². The first-order valence-electron chi connectivity index (χ1n) is 11.7. The minimum atomic E-state index is 0. The summed E-state index contributed by atoms with van der Waals surface area (Å²) in [4.78, 5) is 0. The van der Waals surface area contributed by atoms with E-state index in [-0.39, 0.29) is 12.4 Å². The lowest BCUT2D eigenvalue weighted by atomic mass is 10.0. The van der Waals surface area contributed by atoms with Gasteiger partial charge in [-0.1, -0.05) is 49.8 Å². The molecule has 3 aromatic rings. The van der Waals surface area contributed by atoms with Gasteiger partial charge < -0.3 is 24.3 Å².